The lowest BCUT2D eigenvalue weighted by Crippen LogP contribution is -2.60. The SMILES string of the molecule is CC[C@H](C)[C@@H]([C@@H](CC(=O)N1CCC[C@H]1[C@H](OC)[C@@H](C)C(=O)N[C@H](C)[C@@H](O)c1ccccc1)OC)N(C)C(=O)[C@@H](NC(=O)[C@H](C(C)C)N(C)C(=O)OCc1ccc(NC(=O)[C@H](C)NC(=O)[C@H](C)NC(=O)CCN2C(=O)C=CC2=O)cc1)C(C)C. The van der Waals surface area contributed by atoms with Gasteiger partial charge in [0.25, 0.3) is 11.8 Å². The van der Waals surface area contributed by atoms with E-state index >= 15 is 0 Å². The maximum absolute atomic E-state index is 14.7. The molecule has 0 radical (unpaired) electrons. The maximum atomic E-state index is 14.7. The average molecular weight is 1160 g/mol. The van der Waals surface area contributed by atoms with Crippen LogP contribution in [0.2, 0.25) is 0 Å². The number of imide groups is 1. The van der Waals surface area contributed by atoms with Crippen LogP contribution in [-0.4, -0.2) is 180 Å². The van der Waals surface area contributed by atoms with Crippen LogP contribution in [0.15, 0.2) is 66.7 Å². The molecule has 6 N–H and O–H groups in total. The van der Waals surface area contributed by atoms with E-state index in [0.717, 1.165) is 17.1 Å². The lowest BCUT2D eigenvalue weighted by Gasteiger charge is -2.41. The summed E-state index contributed by atoms with van der Waals surface area (Å²) in [6, 6.07) is 9.67. The van der Waals surface area contributed by atoms with Crippen molar-refractivity contribution in [2.45, 2.75) is 169 Å². The van der Waals surface area contributed by atoms with Gasteiger partial charge in [0.15, 0.2) is 0 Å². The number of carbonyl (C=O) groups is 10. The fourth-order valence-electron chi connectivity index (χ4n) is 10.5. The minimum atomic E-state index is -1.06. The van der Waals surface area contributed by atoms with Crippen molar-refractivity contribution in [1.29, 1.82) is 0 Å². The van der Waals surface area contributed by atoms with Crippen molar-refractivity contribution in [3.05, 3.63) is 77.9 Å². The molecule has 1 saturated heterocycles. The zero-order chi connectivity index (χ0) is 62.0. The van der Waals surface area contributed by atoms with E-state index in [1.807, 2.05) is 32.0 Å². The van der Waals surface area contributed by atoms with Crippen LogP contribution in [0.25, 0.3) is 0 Å². The molecule has 458 valence electrons. The van der Waals surface area contributed by atoms with Gasteiger partial charge in [-0.05, 0) is 74.6 Å². The summed E-state index contributed by atoms with van der Waals surface area (Å²) < 4.78 is 17.6. The zero-order valence-electron chi connectivity index (χ0n) is 50.6. The average Bonchev–Trinajstić information content (AvgIpc) is 4.19. The molecule has 0 aliphatic carbocycles. The minimum absolute atomic E-state index is 0.0818. The summed E-state index contributed by atoms with van der Waals surface area (Å²) in [5, 5.41) is 24.5. The highest BCUT2D eigenvalue weighted by Crippen LogP contribution is 2.30. The predicted octanol–water partition coefficient (Wildman–Crippen LogP) is 3.84. The number of likely N-dealkylation sites (N-methyl/N-ethyl adjacent to an activating group) is 2. The number of nitrogens with one attached hydrogen (secondary N) is 5. The number of nitrogens with zero attached hydrogens (tertiary/aromatic N) is 4. The van der Waals surface area contributed by atoms with Gasteiger partial charge in [-0.25, -0.2) is 4.79 Å². The highest BCUT2D eigenvalue weighted by molar-refractivity contribution is 6.13. The molecule has 2 aromatic carbocycles. The minimum Gasteiger partial charge on any atom is -0.445 e. The first-order valence-corrected chi connectivity index (χ1v) is 28.6. The molecule has 2 aromatic rings. The van der Waals surface area contributed by atoms with Gasteiger partial charge >= 0.3 is 6.09 Å². The van der Waals surface area contributed by atoms with Gasteiger partial charge in [0.1, 0.15) is 30.8 Å². The number of ether oxygens (including phenoxy) is 3. The Morgan fingerprint density at radius 2 is 1.34 bits per heavy atom. The third kappa shape index (κ3) is 18.6. The molecule has 0 spiro atoms. The number of benzene rings is 2. The summed E-state index contributed by atoms with van der Waals surface area (Å²) in [5.41, 5.74) is 1.60. The Bertz CT molecular complexity index is 2580. The first kappa shape index (κ1) is 68.3. The number of anilines is 1. The summed E-state index contributed by atoms with van der Waals surface area (Å²) in [7, 11) is 6.09. The van der Waals surface area contributed by atoms with Crippen LogP contribution in [0, 0.1) is 23.7 Å². The smallest absolute Gasteiger partial charge is 0.410 e. The van der Waals surface area contributed by atoms with Gasteiger partial charge in [-0.1, -0.05) is 97.4 Å². The van der Waals surface area contributed by atoms with Gasteiger partial charge in [-0.3, -0.25) is 53.0 Å². The van der Waals surface area contributed by atoms with Gasteiger partial charge in [0.05, 0.1) is 48.8 Å². The highest BCUT2D eigenvalue weighted by Gasteiger charge is 2.44. The number of hydrogen-bond acceptors (Lipinski definition) is 14. The molecule has 0 saturated carbocycles. The quantitative estimate of drug-likeness (QED) is 0.0607. The van der Waals surface area contributed by atoms with Crippen molar-refractivity contribution in [1.82, 2.24) is 40.9 Å². The molecule has 2 aliphatic rings. The molecule has 2 heterocycles. The predicted molar refractivity (Wildman–Crippen MR) is 309 cm³/mol. The Balaban J connectivity index is 1.34. The number of aliphatic hydroxyl groups excluding tert-OH is 1. The highest BCUT2D eigenvalue weighted by atomic mass is 16.6. The van der Waals surface area contributed by atoms with Crippen LogP contribution in [0.1, 0.15) is 119 Å². The number of carbonyl (C=O) groups excluding carboxylic acids is 10. The van der Waals surface area contributed by atoms with Crippen LogP contribution in [0.4, 0.5) is 10.5 Å². The number of rotatable bonds is 30. The molecule has 0 bridgehead atoms. The summed E-state index contributed by atoms with van der Waals surface area (Å²) in [6.07, 6.45) is 0.678. The summed E-state index contributed by atoms with van der Waals surface area (Å²) in [6.45, 7) is 17.5. The largest absolute Gasteiger partial charge is 0.445 e. The molecular formula is C60H89N9O14. The molecule has 0 aromatic heterocycles. The Morgan fingerprint density at radius 1 is 0.723 bits per heavy atom. The van der Waals surface area contributed by atoms with E-state index in [1.165, 1.54) is 40.0 Å². The Kier molecular flexibility index (Phi) is 26.3. The van der Waals surface area contributed by atoms with Crippen LogP contribution >= 0.6 is 0 Å². The van der Waals surface area contributed by atoms with E-state index in [0.29, 0.717) is 42.6 Å². The topological polar surface area (TPSA) is 292 Å². The number of methoxy groups -OCH3 is 2. The monoisotopic (exact) mass is 1160 g/mol. The van der Waals surface area contributed by atoms with Crippen molar-refractivity contribution in [3.8, 4) is 0 Å². The third-order valence-electron chi connectivity index (χ3n) is 15.6. The zero-order valence-corrected chi connectivity index (χ0v) is 50.6. The normalized spacial score (nSPS) is 18.2. The van der Waals surface area contributed by atoms with Gasteiger partial charge in [-0.2, -0.15) is 0 Å². The molecule has 23 heteroatoms. The molecule has 0 unspecified atom stereocenters. The van der Waals surface area contributed by atoms with Crippen molar-refractivity contribution < 1.29 is 67.3 Å². The second-order valence-corrected chi connectivity index (χ2v) is 22.4. The molecule has 1 fully saturated rings. The van der Waals surface area contributed by atoms with Crippen LogP contribution in [0.5, 0.6) is 0 Å². The summed E-state index contributed by atoms with van der Waals surface area (Å²) >= 11 is 0. The maximum Gasteiger partial charge on any atom is 0.410 e. The third-order valence-corrected chi connectivity index (χ3v) is 15.6. The van der Waals surface area contributed by atoms with E-state index < -0.39 is 126 Å². The van der Waals surface area contributed by atoms with Gasteiger partial charge in [-0.15, -0.1) is 0 Å². The Morgan fingerprint density at radius 3 is 1.90 bits per heavy atom. The lowest BCUT2D eigenvalue weighted by atomic mass is 9.89. The first-order valence-electron chi connectivity index (χ1n) is 28.6. The van der Waals surface area contributed by atoms with Gasteiger partial charge < -0.3 is 55.7 Å². The van der Waals surface area contributed by atoms with E-state index in [-0.39, 0.29) is 43.7 Å². The van der Waals surface area contributed by atoms with Crippen molar-refractivity contribution in [3.63, 3.8) is 0 Å². The summed E-state index contributed by atoms with van der Waals surface area (Å²) in [4.78, 5) is 138. The van der Waals surface area contributed by atoms with Crippen molar-refractivity contribution in [2.24, 2.45) is 23.7 Å². The van der Waals surface area contributed by atoms with E-state index in [1.54, 1.807) is 94.8 Å². The lowest BCUT2D eigenvalue weighted by molar-refractivity contribution is -0.148. The van der Waals surface area contributed by atoms with E-state index in [4.69, 9.17) is 14.2 Å². The van der Waals surface area contributed by atoms with Gasteiger partial charge in [0, 0.05) is 65.7 Å². The number of amides is 10. The molecule has 10 amide bonds. The summed E-state index contributed by atoms with van der Waals surface area (Å²) in [5.74, 6) is -6.03. The number of aliphatic hydroxyl groups is 1. The molecular weight excluding hydrogens is 1070 g/mol. The van der Waals surface area contributed by atoms with Crippen LogP contribution < -0.4 is 26.6 Å². The second-order valence-electron chi connectivity index (χ2n) is 22.4. The Labute approximate surface area is 488 Å². The fraction of sp³-hybridized carbons (Fsp3) is 0.600. The van der Waals surface area contributed by atoms with Crippen LogP contribution in [0.3, 0.4) is 0 Å². The van der Waals surface area contributed by atoms with Crippen molar-refractivity contribution >= 4 is 64.9 Å². The molecule has 83 heavy (non-hydrogen) atoms. The number of hydrogen-bond donors (Lipinski definition) is 6. The standard InChI is InChI=1S/C60H89N9O14/c1-15-36(6)52(45(81-13)32-49(73)68-30-19-22-44(68)54(82-14)37(7)55(75)62-38(8)53(74)42-20-17-16-18-21-42)66(11)59(79)50(34(2)3)65-58(78)51(35(4)5)67(12)60(80)83-33-41-23-25-43(26-24-41)64-57(77)40(10)63-56(76)39(9)61-46(70)29-31-69-47(71)27-28-48(69)72/h16-18,20-21,23-28,34-40,44-45,50-54,74H,15,19,22,29-33H2,1-14H3,(H,61,70)(H,62,75)(H,63,76)(H,64,77)(H,65,78)/t36-,37+,38+,39-,40-,44-,45+,50-,51-,52-,53+,54+/m0/s1. The first-order chi connectivity index (χ1) is 39.2. The molecule has 4 rings (SSSR count). The van der Waals surface area contributed by atoms with E-state index in [2.05, 4.69) is 26.6 Å². The molecule has 12 atom stereocenters. The van der Waals surface area contributed by atoms with Crippen LogP contribution in [-0.2, 0) is 64.0 Å². The fourth-order valence-corrected chi connectivity index (χ4v) is 10.5. The Hall–Kier alpha value is -7.24. The second kappa shape index (κ2) is 32.0. The number of likely N-dealkylation sites (tertiary alicyclic amines) is 1. The van der Waals surface area contributed by atoms with E-state index in [9.17, 15) is 53.1 Å². The van der Waals surface area contributed by atoms with Crippen molar-refractivity contribution in [2.75, 3.05) is 46.7 Å². The molecule has 23 nitrogen and oxygen atoms in total. The molecule has 2 aliphatic heterocycles. The van der Waals surface area contributed by atoms with Gasteiger partial charge in [0.2, 0.25) is 41.4 Å².